The van der Waals surface area contributed by atoms with Crippen LogP contribution in [0.4, 0.5) is 13.2 Å². The first kappa shape index (κ1) is 11.8. The van der Waals surface area contributed by atoms with E-state index in [4.69, 9.17) is 0 Å². The number of aromatic nitrogens is 2. The Kier molecular flexibility index (Phi) is 2.73. The Morgan fingerprint density at radius 1 is 1.12 bits per heavy atom. The number of rotatable bonds is 2. The number of fused-ring (bicyclic) bond motifs is 1. The van der Waals surface area contributed by atoms with Gasteiger partial charge in [0, 0.05) is 6.54 Å². The molecule has 0 aliphatic rings. The van der Waals surface area contributed by atoms with Crippen LogP contribution < -0.4 is 5.69 Å². The largest absolute Gasteiger partial charge is 0.406 e. The fraction of sp³-hybridized carbons (Fsp3) is 0.364. The Balaban J connectivity index is 2.70. The third-order valence-corrected chi connectivity index (χ3v) is 2.58. The molecule has 0 saturated heterocycles. The maximum Gasteiger partial charge on any atom is 0.406 e. The SMILES string of the molecule is CCn1c(=O)n(CC(F)(F)F)c2ccccc21. The summed E-state index contributed by atoms with van der Waals surface area (Å²) < 4.78 is 39.3. The normalized spacial score (nSPS) is 12.2. The van der Waals surface area contributed by atoms with Crippen LogP contribution in [0.2, 0.25) is 0 Å². The number of nitrogens with zero attached hydrogens (tertiary/aromatic N) is 2. The topological polar surface area (TPSA) is 26.9 Å². The van der Waals surface area contributed by atoms with Gasteiger partial charge in [0.05, 0.1) is 11.0 Å². The molecule has 2 rings (SSSR count). The number of hydrogen-bond acceptors (Lipinski definition) is 1. The summed E-state index contributed by atoms with van der Waals surface area (Å²) in [5, 5.41) is 0. The molecular weight excluding hydrogens is 233 g/mol. The van der Waals surface area contributed by atoms with Crippen molar-refractivity contribution in [1.82, 2.24) is 9.13 Å². The second-order valence-electron chi connectivity index (χ2n) is 3.72. The minimum Gasteiger partial charge on any atom is -0.292 e. The predicted molar refractivity (Wildman–Crippen MR) is 57.9 cm³/mol. The predicted octanol–water partition coefficient (Wildman–Crippen LogP) is 2.39. The van der Waals surface area contributed by atoms with Crippen LogP contribution in [0.15, 0.2) is 29.1 Å². The summed E-state index contributed by atoms with van der Waals surface area (Å²) in [6, 6.07) is 6.49. The lowest BCUT2D eigenvalue weighted by atomic mass is 10.3. The van der Waals surface area contributed by atoms with Crippen molar-refractivity contribution in [2.45, 2.75) is 26.2 Å². The molecular formula is C11H11F3N2O. The molecule has 0 bridgehead atoms. The third-order valence-electron chi connectivity index (χ3n) is 2.58. The zero-order valence-corrected chi connectivity index (χ0v) is 9.16. The van der Waals surface area contributed by atoms with Crippen LogP contribution in [0.3, 0.4) is 0 Å². The van der Waals surface area contributed by atoms with E-state index in [9.17, 15) is 18.0 Å². The second-order valence-corrected chi connectivity index (χ2v) is 3.72. The number of benzene rings is 1. The number of hydrogen-bond donors (Lipinski definition) is 0. The molecule has 6 heteroatoms. The Hall–Kier alpha value is -1.72. The maximum absolute atomic E-state index is 12.4. The highest BCUT2D eigenvalue weighted by Crippen LogP contribution is 2.20. The van der Waals surface area contributed by atoms with Gasteiger partial charge in [-0.2, -0.15) is 13.2 Å². The maximum atomic E-state index is 12.4. The fourth-order valence-corrected chi connectivity index (χ4v) is 1.91. The lowest BCUT2D eigenvalue weighted by Crippen LogP contribution is -2.29. The molecule has 0 saturated carbocycles. The highest BCUT2D eigenvalue weighted by atomic mass is 19.4. The standard InChI is InChI=1S/C11H11F3N2O/c1-2-15-8-5-3-4-6-9(8)16(10(15)17)7-11(12,13)14/h3-6H,2,7H2,1H3. The minimum absolute atomic E-state index is 0.316. The Morgan fingerprint density at radius 2 is 1.65 bits per heavy atom. The Labute approximate surface area is 95.1 Å². The number of aryl methyl sites for hydroxylation is 1. The van der Waals surface area contributed by atoms with Crippen molar-refractivity contribution in [1.29, 1.82) is 0 Å². The van der Waals surface area contributed by atoms with Crippen LogP contribution in [0.25, 0.3) is 11.0 Å². The van der Waals surface area contributed by atoms with Gasteiger partial charge in [-0.15, -0.1) is 0 Å². The summed E-state index contributed by atoms with van der Waals surface area (Å²) in [5.41, 5.74) is 0.229. The van der Waals surface area contributed by atoms with Crippen LogP contribution in [-0.4, -0.2) is 15.3 Å². The molecule has 0 atom stereocenters. The molecule has 1 aromatic carbocycles. The number of alkyl halides is 3. The van der Waals surface area contributed by atoms with Crippen molar-refractivity contribution in [2.24, 2.45) is 0 Å². The first-order chi connectivity index (χ1) is 7.94. The Bertz CT molecular complexity index is 595. The highest BCUT2D eigenvalue weighted by Gasteiger charge is 2.30. The molecule has 0 amide bonds. The first-order valence-electron chi connectivity index (χ1n) is 5.19. The van der Waals surface area contributed by atoms with Crippen molar-refractivity contribution in [2.75, 3.05) is 0 Å². The average molecular weight is 244 g/mol. The van der Waals surface area contributed by atoms with Gasteiger partial charge in [0.15, 0.2) is 0 Å². The van der Waals surface area contributed by atoms with E-state index >= 15 is 0 Å². The van der Waals surface area contributed by atoms with Gasteiger partial charge in [0.2, 0.25) is 0 Å². The monoisotopic (exact) mass is 244 g/mol. The van der Waals surface area contributed by atoms with Crippen molar-refractivity contribution in [3.63, 3.8) is 0 Å². The lowest BCUT2D eigenvalue weighted by molar-refractivity contribution is -0.140. The highest BCUT2D eigenvalue weighted by molar-refractivity contribution is 5.75. The molecule has 92 valence electrons. The van der Waals surface area contributed by atoms with E-state index in [1.165, 1.54) is 10.6 Å². The summed E-state index contributed by atoms with van der Waals surface area (Å²) in [5.74, 6) is 0. The van der Waals surface area contributed by atoms with Gasteiger partial charge >= 0.3 is 11.9 Å². The first-order valence-corrected chi connectivity index (χ1v) is 5.19. The second kappa shape index (κ2) is 3.94. The van der Waals surface area contributed by atoms with Crippen LogP contribution >= 0.6 is 0 Å². The van der Waals surface area contributed by atoms with Crippen molar-refractivity contribution in [3.05, 3.63) is 34.7 Å². The van der Waals surface area contributed by atoms with E-state index < -0.39 is 18.4 Å². The molecule has 1 aromatic heterocycles. The molecule has 0 spiro atoms. The Morgan fingerprint density at radius 3 is 2.12 bits per heavy atom. The summed E-state index contributed by atoms with van der Waals surface area (Å²) in [7, 11) is 0. The van der Waals surface area contributed by atoms with Crippen LogP contribution in [0.1, 0.15) is 6.92 Å². The fourth-order valence-electron chi connectivity index (χ4n) is 1.91. The summed E-state index contributed by atoms with van der Waals surface area (Å²) in [6.45, 7) is 0.829. The molecule has 0 fully saturated rings. The van der Waals surface area contributed by atoms with E-state index in [1.807, 2.05) is 0 Å². The number of imidazole rings is 1. The van der Waals surface area contributed by atoms with Gasteiger partial charge in [0.25, 0.3) is 0 Å². The average Bonchev–Trinajstić information content (AvgIpc) is 2.50. The van der Waals surface area contributed by atoms with Crippen LogP contribution in [-0.2, 0) is 13.1 Å². The van der Waals surface area contributed by atoms with E-state index in [0.29, 0.717) is 17.6 Å². The minimum atomic E-state index is -4.40. The van der Waals surface area contributed by atoms with E-state index in [1.54, 1.807) is 25.1 Å². The number of para-hydroxylation sites is 2. The lowest BCUT2D eigenvalue weighted by Gasteiger charge is -2.06. The van der Waals surface area contributed by atoms with Gasteiger partial charge in [-0.1, -0.05) is 12.1 Å². The van der Waals surface area contributed by atoms with Crippen LogP contribution in [0.5, 0.6) is 0 Å². The van der Waals surface area contributed by atoms with Gasteiger partial charge in [-0.25, -0.2) is 4.79 Å². The number of halogens is 3. The molecule has 0 radical (unpaired) electrons. The zero-order chi connectivity index (χ0) is 12.6. The summed E-state index contributed by atoms with van der Waals surface area (Å²) >= 11 is 0. The molecule has 0 unspecified atom stereocenters. The van der Waals surface area contributed by atoms with Gasteiger partial charge in [-0.05, 0) is 19.1 Å². The quantitative estimate of drug-likeness (QED) is 0.796. The molecule has 3 nitrogen and oxygen atoms in total. The molecule has 2 aromatic rings. The molecule has 0 aliphatic heterocycles. The van der Waals surface area contributed by atoms with E-state index in [0.717, 1.165) is 4.57 Å². The summed E-state index contributed by atoms with van der Waals surface area (Å²) in [4.78, 5) is 11.8. The zero-order valence-electron chi connectivity index (χ0n) is 9.16. The molecule has 0 N–H and O–H groups in total. The van der Waals surface area contributed by atoms with E-state index in [2.05, 4.69) is 0 Å². The van der Waals surface area contributed by atoms with Gasteiger partial charge < -0.3 is 0 Å². The third kappa shape index (κ3) is 2.07. The molecule has 17 heavy (non-hydrogen) atoms. The van der Waals surface area contributed by atoms with Gasteiger partial charge in [-0.3, -0.25) is 9.13 Å². The molecule has 0 aliphatic carbocycles. The van der Waals surface area contributed by atoms with Gasteiger partial charge in [0.1, 0.15) is 6.54 Å². The van der Waals surface area contributed by atoms with E-state index in [-0.39, 0.29) is 0 Å². The smallest absolute Gasteiger partial charge is 0.292 e. The summed E-state index contributed by atoms with van der Waals surface area (Å²) in [6.07, 6.45) is -4.40. The van der Waals surface area contributed by atoms with Crippen molar-refractivity contribution in [3.8, 4) is 0 Å². The molecule has 1 heterocycles. The van der Waals surface area contributed by atoms with Crippen LogP contribution in [0, 0.1) is 0 Å². The van der Waals surface area contributed by atoms with Crippen molar-refractivity contribution >= 4 is 11.0 Å². The van der Waals surface area contributed by atoms with Crippen molar-refractivity contribution < 1.29 is 13.2 Å².